The molecule has 0 N–H and O–H groups in total. The zero-order valence-corrected chi connectivity index (χ0v) is 5.04. The molecule has 2 heteroatoms. The van der Waals surface area contributed by atoms with Gasteiger partial charge in [-0.1, -0.05) is 14.9 Å². The normalized spacial score (nSPS) is 0. The van der Waals surface area contributed by atoms with Crippen molar-refractivity contribution in [2.75, 3.05) is 0 Å². The molecular formula is C2H8CaMg+4. The fourth-order valence-electron chi connectivity index (χ4n) is 0. The predicted octanol–water partition coefficient (Wildman–Crippen LogP) is 0.511. The van der Waals surface area contributed by atoms with Crippen LogP contribution in [0, 0.1) is 0 Å². The van der Waals surface area contributed by atoms with Gasteiger partial charge in [-0.25, -0.2) is 0 Å². The SMILES string of the molecule is C.C.[Ca+2].[Mg+2]. The van der Waals surface area contributed by atoms with Gasteiger partial charge in [0.1, 0.15) is 0 Å². The molecule has 0 radical (unpaired) electrons. The van der Waals surface area contributed by atoms with Crippen molar-refractivity contribution in [1.29, 1.82) is 0 Å². The first-order chi connectivity index (χ1) is 0. The van der Waals surface area contributed by atoms with Gasteiger partial charge in [-0.15, -0.1) is 0 Å². The molecule has 0 aromatic heterocycles. The van der Waals surface area contributed by atoms with Gasteiger partial charge in [-0.05, 0) is 0 Å². The van der Waals surface area contributed by atoms with Crippen LogP contribution in [-0.2, 0) is 0 Å². The molecule has 0 heterocycles. The zero-order chi connectivity index (χ0) is 0. The van der Waals surface area contributed by atoms with E-state index >= 15 is 0 Å². The van der Waals surface area contributed by atoms with Crippen LogP contribution in [0.25, 0.3) is 0 Å². The van der Waals surface area contributed by atoms with Crippen LogP contribution in [-0.4, -0.2) is 60.8 Å². The van der Waals surface area contributed by atoms with Crippen molar-refractivity contribution in [3.05, 3.63) is 0 Å². The van der Waals surface area contributed by atoms with Gasteiger partial charge in [0.25, 0.3) is 0 Å². The summed E-state index contributed by atoms with van der Waals surface area (Å²) >= 11 is 0. The van der Waals surface area contributed by atoms with Gasteiger partial charge < -0.3 is 0 Å². The maximum Gasteiger partial charge on any atom is 2.00 e. The van der Waals surface area contributed by atoms with Gasteiger partial charge >= 0.3 is 60.8 Å². The standard InChI is InChI=1S/2CH4.Ca.Mg/h2*1H4;;/q;;2*+2. The first-order valence-electron chi connectivity index (χ1n) is 0. The third-order valence-corrected chi connectivity index (χ3v) is 0. The van der Waals surface area contributed by atoms with E-state index in [9.17, 15) is 0 Å². The van der Waals surface area contributed by atoms with Gasteiger partial charge in [0.05, 0.1) is 0 Å². The van der Waals surface area contributed by atoms with Crippen molar-refractivity contribution < 1.29 is 0 Å². The van der Waals surface area contributed by atoms with Gasteiger partial charge in [-0.3, -0.25) is 0 Å². The van der Waals surface area contributed by atoms with E-state index in [2.05, 4.69) is 0 Å². The molecule has 0 saturated heterocycles. The Balaban J connectivity index is 0. The van der Waals surface area contributed by atoms with Crippen molar-refractivity contribution in [3.63, 3.8) is 0 Å². The van der Waals surface area contributed by atoms with Crippen LogP contribution >= 0.6 is 0 Å². The smallest absolute Gasteiger partial charge is 0.0776 e. The van der Waals surface area contributed by atoms with E-state index in [0.29, 0.717) is 0 Å². The van der Waals surface area contributed by atoms with Crippen LogP contribution in [0.15, 0.2) is 0 Å². The summed E-state index contributed by atoms with van der Waals surface area (Å²) in [5.74, 6) is 0. The van der Waals surface area contributed by atoms with Crippen LogP contribution in [0.4, 0.5) is 0 Å². The second kappa shape index (κ2) is 19.8. The van der Waals surface area contributed by atoms with Gasteiger partial charge in [0, 0.05) is 0 Å². The first kappa shape index (κ1) is 37.1. The summed E-state index contributed by atoms with van der Waals surface area (Å²) in [5, 5.41) is 0. The summed E-state index contributed by atoms with van der Waals surface area (Å²) in [4.78, 5) is 0. The molecule has 0 aromatic carbocycles. The second-order valence-electron chi connectivity index (χ2n) is 0. The maximum atomic E-state index is 0. The Hall–Kier alpha value is 2.03. The maximum absolute atomic E-state index is 0. The summed E-state index contributed by atoms with van der Waals surface area (Å²) in [5.41, 5.74) is 0. The number of hydrogen-bond donors (Lipinski definition) is 0. The second-order valence-corrected chi connectivity index (χ2v) is 0. The molecule has 0 rings (SSSR count). The van der Waals surface area contributed by atoms with Crippen LogP contribution < -0.4 is 0 Å². The molecule has 4 heavy (non-hydrogen) atoms. The van der Waals surface area contributed by atoms with E-state index in [1.54, 1.807) is 0 Å². The Morgan fingerprint density at radius 3 is 0.750 bits per heavy atom. The number of rotatable bonds is 0. The first-order valence-corrected chi connectivity index (χ1v) is 0. The Morgan fingerprint density at radius 1 is 0.750 bits per heavy atom. The molecule has 0 atom stereocenters. The van der Waals surface area contributed by atoms with Crippen LogP contribution in [0.5, 0.6) is 0 Å². The quantitative estimate of drug-likeness (QED) is 0.386. The van der Waals surface area contributed by atoms with Crippen LogP contribution in [0.1, 0.15) is 14.9 Å². The van der Waals surface area contributed by atoms with Crippen molar-refractivity contribution >= 4 is 60.8 Å². The summed E-state index contributed by atoms with van der Waals surface area (Å²) in [6, 6.07) is 0. The van der Waals surface area contributed by atoms with E-state index in [1.807, 2.05) is 0 Å². The summed E-state index contributed by atoms with van der Waals surface area (Å²) in [6.07, 6.45) is 0. The van der Waals surface area contributed by atoms with Crippen molar-refractivity contribution in [3.8, 4) is 0 Å². The fraction of sp³-hybridized carbons (Fsp3) is 1.00. The van der Waals surface area contributed by atoms with Gasteiger partial charge in [0.15, 0.2) is 0 Å². The molecule has 0 unspecified atom stereocenters. The van der Waals surface area contributed by atoms with Crippen molar-refractivity contribution in [1.82, 2.24) is 0 Å². The molecule has 0 spiro atoms. The van der Waals surface area contributed by atoms with Crippen molar-refractivity contribution in [2.45, 2.75) is 14.9 Å². The van der Waals surface area contributed by atoms with E-state index in [1.165, 1.54) is 0 Å². The Kier molecular flexibility index (Phi) is 184. The molecular weight excluding hydrogens is 88.4 g/mol. The molecule has 0 fully saturated rings. The van der Waals surface area contributed by atoms with Crippen molar-refractivity contribution in [2.24, 2.45) is 0 Å². The molecule has 0 aliphatic heterocycles. The van der Waals surface area contributed by atoms with E-state index < -0.39 is 0 Å². The van der Waals surface area contributed by atoms with Gasteiger partial charge in [-0.2, -0.15) is 0 Å². The summed E-state index contributed by atoms with van der Waals surface area (Å²) in [6.45, 7) is 0. The van der Waals surface area contributed by atoms with Crippen LogP contribution in [0.3, 0.4) is 0 Å². The predicted molar refractivity (Wildman–Crippen MR) is 25.0 cm³/mol. The molecule has 0 nitrogen and oxygen atoms in total. The molecule has 0 amide bonds. The van der Waals surface area contributed by atoms with E-state index in [-0.39, 0.29) is 75.6 Å². The van der Waals surface area contributed by atoms with Crippen LogP contribution in [0.2, 0.25) is 0 Å². The minimum Gasteiger partial charge on any atom is -0.0776 e. The average Bonchev–Trinajstić information content (AvgIpc) is 0. The minimum absolute atomic E-state index is 0. The minimum atomic E-state index is 0. The molecule has 16 valence electrons. The summed E-state index contributed by atoms with van der Waals surface area (Å²) in [7, 11) is 0. The Labute approximate surface area is 74.5 Å². The summed E-state index contributed by atoms with van der Waals surface area (Å²) < 4.78 is 0. The van der Waals surface area contributed by atoms with E-state index in [4.69, 9.17) is 0 Å². The molecule has 0 saturated carbocycles. The van der Waals surface area contributed by atoms with Gasteiger partial charge in [0.2, 0.25) is 0 Å². The fourth-order valence-corrected chi connectivity index (χ4v) is 0. The molecule has 0 bridgehead atoms. The topological polar surface area (TPSA) is 0 Å². The largest absolute Gasteiger partial charge is 2.00 e. The molecule has 0 aliphatic carbocycles. The van der Waals surface area contributed by atoms with E-state index in [0.717, 1.165) is 0 Å². The third-order valence-electron chi connectivity index (χ3n) is 0. The third kappa shape index (κ3) is 8.98. The molecule has 0 aliphatic rings. The Bertz CT molecular complexity index is 6.00. The number of hydrogen-bond acceptors (Lipinski definition) is 0. The monoisotopic (exact) mass is 96.0 g/mol. The Morgan fingerprint density at radius 2 is 0.750 bits per heavy atom. The zero-order valence-electron chi connectivity index (χ0n) is 1.41. The molecule has 0 aromatic rings. The average molecular weight is 96.5 g/mol.